The predicted molar refractivity (Wildman–Crippen MR) is 74.0 cm³/mol. The second-order valence-corrected chi connectivity index (χ2v) is 6.27. The minimum Gasteiger partial charge on any atom is -0.508 e. The molecule has 0 aliphatic heterocycles. The number of fused-ring (bicyclic) bond motifs is 1. The maximum absolute atomic E-state index is 10.5. The summed E-state index contributed by atoms with van der Waals surface area (Å²) >= 11 is 0. The zero-order valence-corrected chi connectivity index (χ0v) is 11.8. The first-order valence-electron chi connectivity index (χ1n) is 6.73. The lowest BCUT2D eigenvalue weighted by molar-refractivity contribution is 0.0993. The van der Waals surface area contributed by atoms with Gasteiger partial charge in [-0.15, -0.1) is 0 Å². The fourth-order valence-electron chi connectivity index (χ4n) is 2.83. The maximum Gasteiger partial charge on any atom is 0.121 e. The third-order valence-electron chi connectivity index (χ3n) is 3.62. The lowest BCUT2D eigenvalue weighted by Gasteiger charge is -2.36. The highest BCUT2D eigenvalue weighted by Crippen LogP contribution is 2.36. The molecule has 1 aliphatic carbocycles. The highest BCUT2D eigenvalue weighted by molar-refractivity contribution is 5.46. The molecule has 2 rings (SSSR count). The number of hydrogen-bond donors (Lipinski definition) is 4. The Morgan fingerprint density at radius 3 is 2.58 bits per heavy atom. The van der Waals surface area contributed by atoms with Gasteiger partial charge in [0.25, 0.3) is 0 Å². The smallest absolute Gasteiger partial charge is 0.121 e. The second-order valence-electron chi connectivity index (χ2n) is 6.27. The van der Waals surface area contributed by atoms with Crippen molar-refractivity contribution >= 4 is 0 Å². The van der Waals surface area contributed by atoms with Crippen molar-refractivity contribution in [3.63, 3.8) is 0 Å². The van der Waals surface area contributed by atoms with Crippen LogP contribution in [-0.4, -0.2) is 26.9 Å². The van der Waals surface area contributed by atoms with Gasteiger partial charge in [0, 0.05) is 17.1 Å². The van der Waals surface area contributed by atoms with Crippen LogP contribution >= 0.6 is 0 Å². The molecular weight excluding hydrogens is 242 g/mol. The van der Waals surface area contributed by atoms with Crippen molar-refractivity contribution < 1.29 is 15.3 Å². The zero-order chi connectivity index (χ0) is 14.2. The number of aliphatic hydroxyl groups excluding tert-OH is 2. The van der Waals surface area contributed by atoms with Gasteiger partial charge in [0.05, 0.1) is 12.7 Å². The van der Waals surface area contributed by atoms with Crippen molar-refractivity contribution in [3.8, 4) is 5.75 Å². The minimum atomic E-state index is -0.603. The van der Waals surface area contributed by atoms with E-state index in [0.717, 1.165) is 24.0 Å². The van der Waals surface area contributed by atoms with Gasteiger partial charge in [-0.2, -0.15) is 0 Å². The summed E-state index contributed by atoms with van der Waals surface area (Å²) < 4.78 is 0. The fourth-order valence-corrected chi connectivity index (χ4v) is 2.83. The number of aromatic hydroxyl groups is 1. The predicted octanol–water partition coefficient (Wildman–Crippen LogP) is 1.62. The summed E-state index contributed by atoms with van der Waals surface area (Å²) in [7, 11) is 0. The standard InChI is InChI=1S/C15H23NO3/c1-15(2,3)16-12-6-4-9-10(14(12)19)5-7-13(18)11(9)8-17/h5,7,12,14,16-19H,4,6,8H2,1-3H3/t12-,14-/m0/s1. The van der Waals surface area contributed by atoms with Crippen LogP contribution in [0.25, 0.3) is 0 Å². The summed E-state index contributed by atoms with van der Waals surface area (Å²) in [6.07, 6.45) is 0.945. The van der Waals surface area contributed by atoms with Crippen LogP contribution in [0.4, 0.5) is 0 Å². The molecule has 4 N–H and O–H groups in total. The molecule has 0 aromatic heterocycles. The second kappa shape index (κ2) is 5.12. The van der Waals surface area contributed by atoms with E-state index in [2.05, 4.69) is 26.1 Å². The maximum atomic E-state index is 10.5. The topological polar surface area (TPSA) is 72.7 Å². The molecule has 1 aromatic carbocycles. The highest BCUT2D eigenvalue weighted by atomic mass is 16.3. The van der Waals surface area contributed by atoms with Crippen LogP contribution in [0.1, 0.15) is 50.0 Å². The molecule has 4 heteroatoms. The van der Waals surface area contributed by atoms with Crippen LogP contribution in [0.3, 0.4) is 0 Å². The van der Waals surface area contributed by atoms with Crippen molar-refractivity contribution in [2.75, 3.05) is 0 Å². The fraction of sp³-hybridized carbons (Fsp3) is 0.600. The Labute approximate surface area is 114 Å². The molecule has 0 amide bonds. The third kappa shape index (κ3) is 2.91. The minimum absolute atomic E-state index is 0.00332. The van der Waals surface area contributed by atoms with Gasteiger partial charge in [-0.1, -0.05) is 6.07 Å². The van der Waals surface area contributed by atoms with Crippen molar-refractivity contribution in [1.29, 1.82) is 0 Å². The monoisotopic (exact) mass is 265 g/mol. The van der Waals surface area contributed by atoms with Crippen molar-refractivity contribution in [2.45, 2.75) is 57.9 Å². The highest BCUT2D eigenvalue weighted by Gasteiger charge is 2.32. The van der Waals surface area contributed by atoms with E-state index >= 15 is 0 Å². The van der Waals surface area contributed by atoms with Crippen LogP contribution in [0.15, 0.2) is 12.1 Å². The van der Waals surface area contributed by atoms with Crippen LogP contribution in [0, 0.1) is 0 Å². The number of phenols is 1. The van der Waals surface area contributed by atoms with E-state index in [1.807, 2.05) is 0 Å². The summed E-state index contributed by atoms with van der Waals surface area (Å²) in [5.74, 6) is 0.107. The summed E-state index contributed by atoms with van der Waals surface area (Å²) in [6, 6.07) is 3.31. The van der Waals surface area contributed by atoms with Crippen molar-refractivity contribution in [3.05, 3.63) is 28.8 Å². The summed E-state index contributed by atoms with van der Waals surface area (Å²) in [5.41, 5.74) is 2.20. The van der Waals surface area contributed by atoms with Gasteiger partial charge in [0.1, 0.15) is 5.75 Å². The first-order chi connectivity index (χ1) is 8.83. The molecule has 106 valence electrons. The van der Waals surface area contributed by atoms with E-state index in [1.165, 1.54) is 0 Å². The Morgan fingerprint density at radius 2 is 2.00 bits per heavy atom. The number of nitrogens with one attached hydrogen (secondary N) is 1. The quantitative estimate of drug-likeness (QED) is 0.656. The van der Waals surface area contributed by atoms with E-state index in [0.29, 0.717) is 5.56 Å². The molecule has 0 spiro atoms. The van der Waals surface area contributed by atoms with Gasteiger partial charge in [-0.05, 0) is 50.8 Å². The van der Waals surface area contributed by atoms with E-state index in [9.17, 15) is 15.3 Å². The largest absolute Gasteiger partial charge is 0.508 e. The third-order valence-corrected chi connectivity index (χ3v) is 3.62. The zero-order valence-electron chi connectivity index (χ0n) is 11.8. The molecule has 19 heavy (non-hydrogen) atoms. The Hall–Kier alpha value is -1.10. The van der Waals surface area contributed by atoms with Gasteiger partial charge in [0.15, 0.2) is 0 Å². The van der Waals surface area contributed by atoms with E-state index in [-0.39, 0.29) is 23.9 Å². The average Bonchev–Trinajstić information content (AvgIpc) is 2.31. The molecule has 1 aliphatic rings. The normalized spacial score (nSPS) is 23.2. The van der Waals surface area contributed by atoms with E-state index in [1.54, 1.807) is 12.1 Å². The summed E-state index contributed by atoms with van der Waals surface area (Å²) in [6.45, 7) is 6.03. The number of rotatable bonds is 2. The summed E-state index contributed by atoms with van der Waals surface area (Å²) in [4.78, 5) is 0. The first kappa shape index (κ1) is 14.3. The Kier molecular flexibility index (Phi) is 3.85. The van der Waals surface area contributed by atoms with Crippen LogP contribution in [0.5, 0.6) is 5.75 Å². The average molecular weight is 265 g/mol. The Morgan fingerprint density at radius 1 is 1.32 bits per heavy atom. The molecule has 0 heterocycles. The lowest BCUT2D eigenvalue weighted by Crippen LogP contribution is -2.48. The Bertz CT molecular complexity index is 465. The molecule has 4 nitrogen and oxygen atoms in total. The molecule has 2 atom stereocenters. The Balaban J connectivity index is 2.32. The summed E-state index contributed by atoms with van der Waals surface area (Å²) in [5, 5.41) is 33.0. The molecule has 0 unspecified atom stereocenters. The molecule has 0 saturated heterocycles. The molecule has 0 fully saturated rings. The number of hydrogen-bond acceptors (Lipinski definition) is 4. The van der Waals surface area contributed by atoms with E-state index < -0.39 is 6.10 Å². The van der Waals surface area contributed by atoms with Gasteiger partial charge in [-0.3, -0.25) is 0 Å². The molecular formula is C15H23NO3. The van der Waals surface area contributed by atoms with Crippen LogP contribution < -0.4 is 5.32 Å². The van der Waals surface area contributed by atoms with Crippen LogP contribution in [0.2, 0.25) is 0 Å². The first-order valence-corrected chi connectivity index (χ1v) is 6.73. The molecule has 1 aromatic rings. The lowest BCUT2D eigenvalue weighted by atomic mass is 9.82. The van der Waals surface area contributed by atoms with Gasteiger partial charge in [-0.25, -0.2) is 0 Å². The molecule has 0 saturated carbocycles. The van der Waals surface area contributed by atoms with Gasteiger partial charge < -0.3 is 20.6 Å². The molecule has 0 radical (unpaired) electrons. The number of benzene rings is 1. The van der Waals surface area contributed by atoms with Crippen LogP contribution in [-0.2, 0) is 13.0 Å². The van der Waals surface area contributed by atoms with Crippen molar-refractivity contribution in [2.24, 2.45) is 0 Å². The SMILES string of the molecule is CC(C)(C)N[C@H]1CCc2c(ccc(O)c2CO)[C@@H]1O. The van der Waals surface area contributed by atoms with Crippen molar-refractivity contribution in [1.82, 2.24) is 5.32 Å². The number of aliphatic hydroxyl groups is 2. The van der Waals surface area contributed by atoms with Gasteiger partial charge in [0.2, 0.25) is 0 Å². The van der Waals surface area contributed by atoms with Gasteiger partial charge >= 0.3 is 0 Å². The molecule has 0 bridgehead atoms. The van der Waals surface area contributed by atoms with E-state index in [4.69, 9.17) is 0 Å².